The average Bonchev–Trinajstić information content (AvgIpc) is 3.23. The number of hydrogen-bond donors (Lipinski definition) is 1. The van der Waals surface area contributed by atoms with Crippen molar-refractivity contribution in [3.8, 4) is 0 Å². The van der Waals surface area contributed by atoms with Crippen molar-refractivity contribution in [3.05, 3.63) is 51.7 Å². The lowest BCUT2D eigenvalue weighted by Gasteiger charge is -2.32. The van der Waals surface area contributed by atoms with Crippen LogP contribution in [0.3, 0.4) is 0 Å². The number of aromatic nitrogens is 1. The number of thiazole rings is 1. The molecule has 0 radical (unpaired) electrons. The zero-order valence-electron chi connectivity index (χ0n) is 19.4. The standard InChI is InChI=1S/C25H29FN4O3S/c1-15(27-2)23(32)30-14-25(9-10-25)12-20(30)24(33)29-11-3-4-19(29)22-28-18(13-34-22)21(31)16-5-7-17(26)8-6-16/h5-8,13,15,19-20,27H,3-4,9-12,14H2,1-2H3/t15-,19-,20-/m0/s1. The molecule has 3 heterocycles. The van der Waals surface area contributed by atoms with Crippen molar-refractivity contribution in [1.29, 1.82) is 0 Å². The maximum atomic E-state index is 13.8. The summed E-state index contributed by atoms with van der Waals surface area (Å²) in [5, 5.41) is 5.45. The molecule has 1 saturated carbocycles. The van der Waals surface area contributed by atoms with Gasteiger partial charge < -0.3 is 15.1 Å². The number of amides is 2. The summed E-state index contributed by atoms with van der Waals surface area (Å²) in [6.07, 6.45) is 4.50. The van der Waals surface area contributed by atoms with E-state index in [1.165, 1.54) is 35.6 Å². The fourth-order valence-electron chi connectivity index (χ4n) is 5.19. The first kappa shape index (κ1) is 23.1. The molecular weight excluding hydrogens is 455 g/mol. The molecule has 7 nitrogen and oxygen atoms in total. The molecule has 9 heteroatoms. The van der Waals surface area contributed by atoms with E-state index in [4.69, 9.17) is 0 Å². The summed E-state index contributed by atoms with van der Waals surface area (Å²) in [7, 11) is 1.76. The molecule has 0 unspecified atom stereocenters. The molecule has 3 atom stereocenters. The van der Waals surface area contributed by atoms with E-state index < -0.39 is 11.9 Å². The van der Waals surface area contributed by atoms with Gasteiger partial charge in [0.25, 0.3) is 0 Å². The molecule has 1 spiro atoms. The van der Waals surface area contributed by atoms with Gasteiger partial charge in [-0.3, -0.25) is 14.4 Å². The minimum absolute atomic E-state index is 0.00969. The van der Waals surface area contributed by atoms with E-state index >= 15 is 0 Å². The summed E-state index contributed by atoms with van der Waals surface area (Å²) >= 11 is 1.37. The van der Waals surface area contributed by atoms with Gasteiger partial charge in [-0.05, 0) is 75.8 Å². The molecule has 2 aliphatic heterocycles. The highest BCUT2D eigenvalue weighted by Gasteiger charge is 2.56. The van der Waals surface area contributed by atoms with E-state index in [0.717, 1.165) is 37.1 Å². The lowest BCUT2D eigenvalue weighted by molar-refractivity contribution is -0.145. The molecule has 1 aromatic carbocycles. The Kier molecular flexibility index (Phi) is 6.02. The minimum atomic E-state index is -0.438. The molecular formula is C25H29FN4O3S. The van der Waals surface area contributed by atoms with Crippen molar-refractivity contribution < 1.29 is 18.8 Å². The van der Waals surface area contributed by atoms with Crippen LogP contribution in [0.2, 0.25) is 0 Å². The molecule has 1 N–H and O–H groups in total. The molecule has 2 aromatic rings. The Hall–Kier alpha value is -2.65. The Balaban J connectivity index is 1.35. The van der Waals surface area contributed by atoms with Crippen LogP contribution in [0.1, 0.15) is 66.1 Å². The fourth-order valence-corrected chi connectivity index (χ4v) is 6.14. The van der Waals surface area contributed by atoms with Gasteiger partial charge in [-0.25, -0.2) is 9.37 Å². The number of carbonyl (C=O) groups excluding carboxylic acids is 3. The summed E-state index contributed by atoms with van der Waals surface area (Å²) in [6, 6.07) is 4.45. The van der Waals surface area contributed by atoms with Crippen molar-refractivity contribution in [2.24, 2.45) is 5.41 Å². The lowest BCUT2D eigenvalue weighted by atomic mass is 10.0. The smallest absolute Gasteiger partial charge is 0.245 e. The number of likely N-dealkylation sites (tertiary alicyclic amines) is 2. The molecule has 5 rings (SSSR count). The van der Waals surface area contributed by atoms with E-state index in [1.807, 2.05) is 11.8 Å². The predicted molar refractivity (Wildman–Crippen MR) is 126 cm³/mol. The third-order valence-corrected chi connectivity index (χ3v) is 8.46. The van der Waals surface area contributed by atoms with Crippen molar-refractivity contribution in [2.45, 2.75) is 57.2 Å². The number of benzene rings is 1. The maximum Gasteiger partial charge on any atom is 0.245 e. The number of nitrogens with one attached hydrogen (secondary N) is 1. The molecule has 2 amide bonds. The number of ketones is 1. The Morgan fingerprint density at radius 3 is 2.62 bits per heavy atom. The number of carbonyl (C=O) groups is 3. The first-order chi connectivity index (χ1) is 16.3. The number of nitrogens with zero attached hydrogens (tertiary/aromatic N) is 3. The van der Waals surface area contributed by atoms with Crippen LogP contribution < -0.4 is 5.32 Å². The van der Waals surface area contributed by atoms with Gasteiger partial charge in [0.05, 0.1) is 12.1 Å². The number of hydrogen-bond acceptors (Lipinski definition) is 6. The second kappa shape index (κ2) is 8.85. The zero-order valence-corrected chi connectivity index (χ0v) is 20.2. The first-order valence-electron chi connectivity index (χ1n) is 11.9. The topological polar surface area (TPSA) is 82.6 Å². The molecule has 2 saturated heterocycles. The molecule has 180 valence electrons. The fraction of sp³-hybridized carbons (Fsp3) is 0.520. The summed E-state index contributed by atoms with van der Waals surface area (Å²) < 4.78 is 13.2. The van der Waals surface area contributed by atoms with Crippen LogP contribution >= 0.6 is 11.3 Å². The van der Waals surface area contributed by atoms with E-state index in [1.54, 1.807) is 17.3 Å². The van der Waals surface area contributed by atoms with Gasteiger partial charge in [-0.15, -0.1) is 11.3 Å². The quantitative estimate of drug-likeness (QED) is 0.637. The van der Waals surface area contributed by atoms with E-state index in [9.17, 15) is 18.8 Å². The van der Waals surface area contributed by atoms with E-state index in [2.05, 4.69) is 10.3 Å². The molecule has 3 aliphatic rings. The van der Waals surface area contributed by atoms with Gasteiger partial charge in [-0.1, -0.05) is 0 Å². The highest BCUT2D eigenvalue weighted by atomic mass is 32.1. The molecule has 3 fully saturated rings. The van der Waals surface area contributed by atoms with Crippen LogP contribution in [0.25, 0.3) is 0 Å². The van der Waals surface area contributed by atoms with Crippen LogP contribution in [0.15, 0.2) is 29.6 Å². The Labute approximate surface area is 202 Å². The van der Waals surface area contributed by atoms with E-state index in [-0.39, 0.29) is 35.1 Å². The van der Waals surface area contributed by atoms with Crippen molar-refractivity contribution in [1.82, 2.24) is 20.1 Å². The normalized spacial score (nSPS) is 24.0. The maximum absolute atomic E-state index is 13.8. The number of rotatable bonds is 6. The summed E-state index contributed by atoms with van der Waals surface area (Å²) in [4.78, 5) is 47.8. The highest BCUT2D eigenvalue weighted by Crippen LogP contribution is 2.55. The Bertz CT molecular complexity index is 1110. The van der Waals surface area contributed by atoms with Crippen LogP contribution in [0, 0.1) is 11.2 Å². The number of likely N-dealkylation sites (N-methyl/N-ethyl adjacent to an activating group) is 1. The van der Waals surface area contributed by atoms with Gasteiger partial charge in [0.1, 0.15) is 22.6 Å². The van der Waals surface area contributed by atoms with Gasteiger partial charge in [0.2, 0.25) is 17.6 Å². The highest BCUT2D eigenvalue weighted by molar-refractivity contribution is 7.10. The molecule has 1 aliphatic carbocycles. The van der Waals surface area contributed by atoms with Gasteiger partial charge in [0, 0.05) is 24.0 Å². The van der Waals surface area contributed by atoms with Gasteiger partial charge in [0.15, 0.2) is 0 Å². The van der Waals surface area contributed by atoms with Crippen molar-refractivity contribution in [3.63, 3.8) is 0 Å². The minimum Gasteiger partial charge on any atom is -0.331 e. The van der Waals surface area contributed by atoms with Crippen molar-refractivity contribution >= 4 is 28.9 Å². The number of halogens is 1. The largest absolute Gasteiger partial charge is 0.331 e. The lowest BCUT2D eigenvalue weighted by Crippen LogP contribution is -2.51. The third kappa shape index (κ3) is 4.15. The SMILES string of the molecule is CN[C@@H](C)C(=O)N1CC2(CC2)C[C@H]1C(=O)N1CCC[C@H]1c1nc(C(=O)c2ccc(F)cc2)cs1. The molecule has 1 aromatic heterocycles. The molecule has 34 heavy (non-hydrogen) atoms. The van der Waals surface area contributed by atoms with Gasteiger partial charge in [-0.2, -0.15) is 0 Å². The average molecular weight is 485 g/mol. The predicted octanol–water partition coefficient (Wildman–Crippen LogP) is 3.17. The summed E-state index contributed by atoms with van der Waals surface area (Å²) in [5.74, 6) is -0.693. The van der Waals surface area contributed by atoms with E-state index in [0.29, 0.717) is 24.3 Å². The van der Waals surface area contributed by atoms with Crippen LogP contribution in [0.4, 0.5) is 4.39 Å². The van der Waals surface area contributed by atoms with Crippen LogP contribution in [-0.2, 0) is 9.59 Å². The molecule has 0 bridgehead atoms. The third-order valence-electron chi connectivity index (χ3n) is 7.52. The second-order valence-corrected chi connectivity index (χ2v) is 10.7. The second-order valence-electron chi connectivity index (χ2n) is 9.79. The first-order valence-corrected chi connectivity index (χ1v) is 12.7. The van der Waals surface area contributed by atoms with Crippen LogP contribution in [0.5, 0.6) is 0 Å². The summed E-state index contributed by atoms with van der Waals surface area (Å²) in [6.45, 7) is 3.10. The van der Waals surface area contributed by atoms with Gasteiger partial charge >= 0.3 is 0 Å². The Morgan fingerprint density at radius 2 is 1.94 bits per heavy atom. The summed E-state index contributed by atoms with van der Waals surface area (Å²) in [5.41, 5.74) is 0.795. The van der Waals surface area contributed by atoms with Crippen LogP contribution in [-0.4, -0.2) is 64.6 Å². The zero-order chi connectivity index (χ0) is 24.0. The van der Waals surface area contributed by atoms with Crippen molar-refractivity contribution in [2.75, 3.05) is 20.1 Å². The monoisotopic (exact) mass is 484 g/mol. The Morgan fingerprint density at radius 1 is 1.21 bits per heavy atom.